The van der Waals surface area contributed by atoms with Gasteiger partial charge in [-0.25, -0.2) is 4.79 Å². The first kappa shape index (κ1) is 31.8. The van der Waals surface area contributed by atoms with Crippen LogP contribution in [-0.2, 0) is 19.2 Å². The SMILES string of the molecule is CCCCC(CCCC)(C(=O)O)C(O)(C(=O)O)C(CCCC)(C(C)=O)C(=O)O.ClCCl. The highest BCUT2D eigenvalue weighted by molar-refractivity contribution is 6.40. The van der Waals surface area contributed by atoms with Crippen molar-refractivity contribution in [3.05, 3.63) is 0 Å². The molecule has 10 heteroatoms. The minimum Gasteiger partial charge on any atom is -0.481 e. The maximum Gasteiger partial charge on any atom is 0.338 e. The number of unbranched alkanes of at least 4 members (excludes halogenated alkanes) is 3. The Morgan fingerprint density at radius 2 is 1.06 bits per heavy atom. The first-order chi connectivity index (χ1) is 14.4. The second-order valence-electron chi connectivity index (χ2n) is 7.58. The lowest BCUT2D eigenvalue weighted by atomic mass is 9.52. The molecular formula is C21H36Cl2O8. The van der Waals surface area contributed by atoms with Crippen molar-refractivity contribution in [2.75, 3.05) is 5.34 Å². The zero-order chi connectivity index (χ0) is 24.9. The van der Waals surface area contributed by atoms with Crippen LogP contribution in [0.5, 0.6) is 0 Å². The number of Topliss-reactive ketones (excluding diaryl/α,β-unsaturated/α-hetero) is 1. The Kier molecular flexibility index (Phi) is 15.0. The number of carboxylic acids is 3. The number of carboxylic acid groups (broad SMARTS) is 3. The zero-order valence-corrected chi connectivity index (χ0v) is 20.3. The Bertz CT molecular complexity index is 586. The lowest BCUT2D eigenvalue weighted by Gasteiger charge is -2.50. The van der Waals surface area contributed by atoms with E-state index in [2.05, 4.69) is 0 Å². The zero-order valence-electron chi connectivity index (χ0n) is 18.7. The van der Waals surface area contributed by atoms with Crippen molar-refractivity contribution in [3.63, 3.8) is 0 Å². The molecular weight excluding hydrogens is 451 g/mol. The summed E-state index contributed by atoms with van der Waals surface area (Å²) in [5.41, 5.74) is -8.35. The van der Waals surface area contributed by atoms with Gasteiger partial charge in [0.2, 0.25) is 5.60 Å². The molecule has 0 bridgehead atoms. The largest absolute Gasteiger partial charge is 0.481 e. The molecule has 0 aromatic rings. The van der Waals surface area contributed by atoms with Crippen LogP contribution in [0.3, 0.4) is 0 Å². The topological polar surface area (TPSA) is 149 Å². The third-order valence-electron chi connectivity index (χ3n) is 5.81. The van der Waals surface area contributed by atoms with Crippen LogP contribution in [0.15, 0.2) is 0 Å². The van der Waals surface area contributed by atoms with Gasteiger partial charge in [0.05, 0.1) is 5.34 Å². The summed E-state index contributed by atoms with van der Waals surface area (Å²) in [6.45, 7) is 6.19. The number of carbonyl (C=O) groups is 4. The molecule has 31 heavy (non-hydrogen) atoms. The summed E-state index contributed by atoms with van der Waals surface area (Å²) in [5, 5.41) is 41.8. The quantitative estimate of drug-likeness (QED) is 0.195. The van der Waals surface area contributed by atoms with E-state index in [0.717, 1.165) is 6.92 Å². The van der Waals surface area contributed by atoms with Crippen LogP contribution in [0.4, 0.5) is 0 Å². The lowest BCUT2D eigenvalue weighted by molar-refractivity contribution is -0.223. The van der Waals surface area contributed by atoms with E-state index in [0.29, 0.717) is 19.3 Å². The van der Waals surface area contributed by atoms with E-state index in [1.807, 2.05) is 0 Å². The fourth-order valence-corrected chi connectivity index (χ4v) is 4.07. The van der Waals surface area contributed by atoms with Crippen molar-refractivity contribution in [2.24, 2.45) is 10.8 Å². The molecule has 0 aromatic heterocycles. The number of aliphatic carboxylic acids is 3. The van der Waals surface area contributed by atoms with Crippen LogP contribution in [0, 0.1) is 10.8 Å². The minimum absolute atomic E-state index is 0.152. The summed E-state index contributed by atoms with van der Waals surface area (Å²) in [6, 6.07) is 0. The Balaban J connectivity index is 0. The van der Waals surface area contributed by atoms with Gasteiger partial charge in [-0.1, -0.05) is 59.3 Å². The van der Waals surface area contributed by atoms with E-state index in [4.69, 9.17) is 23.2 Å². The van der Waals surface area contributed by atoms with Crippen molar-refractivity contribution in [1.29, 1.82) is 0 Å². The lowest BCUT2D eigenvalue weighted by Crippen LogP contribution is -2.71. The van der Waals surface area contributed by atoms with Gasteiger partial charge in [-0.2, -0.15) is 0 Å². The first-order valence-electron chi connectivity index (χ1n) is 10.4. The number of aliphatic hydroxyl groups is 1. The maximum atomic E-state index is 12.6. The van der Waals surface area contributed by atoms with E-state index < -0.39 is 46.5 Å². The Morgan fingerprint density at radius 3 is 1.29 bits per heavy atom. The number of hydrogen-bond acceptors (Lipinski definition) is 5. The van der Waals surface area contributed by atoms with E-state index in [9.17, 15) is 39.6 Å². The molecule has 0 spiro atoms. The molecule has 0 aliphatic rings. The second kappa shape index (κ2) is 14.6. The van der Waals surface area contributed by atoms with Gasteiger partial charge < -0.3 is 20.4 Å². The van der Waals surface area contributed by atoms with Crippen molar-refractivity contribution in [2.45, 2.75) is 91.1 Å². The first-order valence-corrected chi connectivity index (χ1v) is 11.5. The summed E-state index contributed by atoms with van der Waals surface area (Å²) >= 11 is 9.53. The van der Waals surface area contributed by atoms with Crippen LogP contribution in [0.2, 0.25) is 0 Å². The fraction of sp³-hybridized carbons (Fsp3) is 0.810. The molecule has 8 nitrogen and oxygen atoms in total. The summed E-state index contributed by atoms with van der Waals surface area (Å²) < 4.78 is 0. The summed E-state index contributed by atoms with van der Waals surface area (Å²) in [4.78, 5) is 49.7. The number of hydrogen-bond donors (Lipinski definition) is 4. The average molecular weight is 487 g/mol. The molecule has 0 rings (SSSR count). The molecule has 0 aliphatic heterocycles. The molecule has 0 aromatic carbocycles. The van der Waals surface area contributed by atoms with Crippen molar-refractivity contribution in [1.82, 2.24) is 0 Å². The molecule has 0 fully saturated rings. The van der Waals surface area contributed by atoms with Gasteiger partial charge in [0.25, 0.3) is 0 Å². The van der Waals surface area contributed by atoms with Crippen molar-refractivity contribution < 1.29 is 39.6 Å². The normalized spacial score (nSPS) is 15.1. The number of halogens is 2. The smallest absolute Gasteiger partial charge is 0.338 e. The van der Waals surface area contributed by atoms with Crippen molar-refractivity contribution in [3.8, 4) is 0 Å². The number of rotatable bonds is 15. The summed E-state index contributed by atoms with van der Waals surface area (Å²) in [6.07, 6.45) is 1.25. The van der Waals surface area contributed by atoms with Gasteiger partial charge in [0.1, 0.15) is 5.41 Å². The number of ketones is 1. The van der Waals surface area contributed by atoms with E-state index >= 15 is 0 Å². The second-order valence-corrected chi connectivity index (χ2v) is 8.39. The Morgan fingerprint density at radius 1 is 0.710 bits per heavy atom. The maximum absolute atomic E-state index is 12.6. The van der Waals surface area contributed by atoms with Crippen LogP contribution in [-0.4, -0.2) is 55.1 Å². The molecule has 0 radical (unpaired) electrons. The predicted octanol–water partition coefficient (Wildman–Crippen LogP) is 4.53. The van der Waals surface area contributed by atoms with Crippen LogP contribution in [0.25, 0.3) is 0 Å². The fourth-order valence-electron chi connectivity index (χ4n) is 4.07. The van der Waals surface area contributed by atoms with E-state index in [1.165, 1.54) is 0 Å². The molecule has 0 heterocycles. The summed E-state index contributed by atoms with van der Waals surface area (Å²) in [5.74, 6) is -6.45. The van der Waals surface area contributed by atoms with Gasteiger partial charge >= 0.3 is 17.9 Å². The molecule has 0 amide bonds. The molecule has 4 N–H and O–H groups in total. The molecule has 0 saturated heterocycles. The van der Waals surface area contributed by atoms with Gasteiger partial charge in [-0.15, -0.1) is 23.2 Å². The van der Waals surface area contributed by atoms with Gasteiger partial charge in [-0.3, -0.25) is 14.4 Å². The van der Waals surface area contributed by atoms with E-state index in [-0.39, 0.29) is 37.4 Å². The minimum atomic E-state index is -3.29. The third-order valence-corrected chi connectivity index (χ3v) is 5.81. The average Bonchev–Trinajstić information content (AvgIpc) is 2.68. The van der Waals surface area contributed by atoms with Crippen molar-refractivity contribution >= 4 is 46.9 Å². The van der Waals surface area contributed by atoms with Crippen LogP contribution in [0.1, 0.15) is 85.5 Å². The predicted molar refractivity (Wildman–Crippen MR) is 119 cm³/mol. The standard InChI is InChI=1S/C20H34O8.CH2Cl2/c1-5-8-11-18(15(22)23,12-9-6-2)20(28,17(26)27)19(14(4)21,16(24)25)13-10-7-3;2-1-3/h28H,5-13H2,1-4H3,(H,22,23)(H,24,25)(H,26,27);1H2. The molecule has 182 valence electrons. The Hall–Kier alpha value is -1.38. The molecule has 2 atom stereocenters. The number of alkyl halides is 2. The van der Waals surface area contributed by atoms with Gasteiger partial charge in [0.15, 0.2) is 11.2 Å². The highest BCUT2D eigenvalue weighted by Gasteiger charge is 2.74. The number of carbonyl (C=O) groups excluding carboxylic acids is 1. The Labute approximate surface area is 193 Å². The molecule has 0 saturated carbocycles. The molecule has 0 aliphatic carbocycles. The monoisotopic (exact) mass is 486 g/mol. The summed E-state index contributed by atoms with van der Waals surface area (Å²) in [7, 11) is 0. The van der Waals surface area contributed by atoms with Gasteiger partial charge in [0, 0.05) is 0 Å². The van der Waals surface area contributed by atoms with E-state index in [1.54, 1.807) is 20.8 Å². The third kappa shape index (κ3) is 6.56. The molecule has 2 unspecified atom stereocenters. The van der Waals surface area contributed by atoms with Gasteiger partial charge in [-0.05, 0) is 26.2 Å². The van der Waals surface area contributed by atoms with Crippen LogP contribution < -0.4 is 0 Å². The highest BCUT2D eigenvalue weighted by Crippen LogP contribution is 2.54. The van der Waals surface area contributed by atoms with Crippen LogP contribution >= 0.6 is 23.2 Å². The highest BCUT2D eigenvalue weighted by atomic mass is 35.5.